The summed E-state index contributed by atoms with van der Waals surface area (Å²) in [6.07, 6.45) is -0.242. The van der Waals surface area contributed by atoms with Crippen LogP contribution in [0, 0.1) is 17.8 Å². The van der Waals surface area contributed by atoms with E-state index >= 15 is 0 Å². The number of hydrogen-bond donors (Lipinski definition) is 11. The summed E-state index contributed by atoms with van der Waals surface area (Å²) in [6, 6.07) is -4.78. The minimum atomic E-state index is -1.78. The molecule has 1 fully saturated rings. The van der Waals surface area contributed by atoms with E-state index in [1.807, 2.05) is 6.92 Å². The molecule has 1 heterocycles. The third-order valence-corrected chi connectivity index (χ3v) is 11.0. The fraction of sp³-hybridized carbons (Fsp3) is 0.619. The molecule has 22 nitrogen and oxygen atoms in total. The lowest BCUT2D eigenvalue weighted by Crippen LogP contribution is -2.61. The van der Waals surface area contributed by atoms with Crippen molar-refractivity contribution in [3.05, 3.63) is 29.8 Å². The summed E-state index contributed by atoms with van der Waals surface area (Å²) in [5, 5.41) is 34.7. The Labute approximate surface area is 372 Å². The fourth-order valence-electron chi connectivity index (χ4n) is 6.68. The number of aliphatic hydroxyl groups is 1. The summed E-state index contributed by atoms with van der Waals surface area (Å²) in [5.41, 5.74) is 17.1. The molecule has 356 valence electrons. The van der Waals surface area contributed by atoms with Crippen molar-refractivity contribution in [1.82, 2.24) is 36.8 Å². The quantitative estimate of drug-likeness (QED) is 0.0410. The highest BCUT2D eigenvalue weighted by atomic mass is 16.3. The first-order chi connectivity index (χ1) is 30.0. The maximum absolute atomic E-state index is 14.5. The standard InChI is InChI=1S/C42H66N10O12/c1-7-23(6)35(41(63)49-29(19-53)21(2)3)51-39(61)31-9-8-16-52(31)42(64)28(17-24-10-12-25(55)13-11-24)48-37(59)27(18-33(44)57)47-36(58)26(14-15-32(43)56)46-38(60)30(20-54)50-40(62)34(45)22(4)5/h10-13,19,21-23,26-31,34-35,54-55H,7-9,14-18,20,45H2,1-6H3,(H2,43,56)(H2,44,57)(H,46,60)(H,47,58)(H,48,59)(H,49,63)(H,50,62)(H,51,61)/t23-,26-,27-,28-,29+,30-,31-,34-,35-/m0/s1. The van der Waals surface area contributed by atoms with Crippen LogP contribution in [0.4, 0.5) is 0 Å². The van der Waals surface area contributed by atoms with Gasteiger partial charge in [-0.1, -0.05) is 60.1 Å². The predicted molar refractivity (Wildman–Crippen MR) is 231 cm³/mol. The zero-order valence-electron chi connectivity index (χ0n) is 37.3. The molecule has 1 saturated heterocycles. The van der Waals surface area contributed by atoms with Crippen LogP contribution in [0.1, 0.15) is 85.6 Å². The Balaban J connectivity index is 2.44. The van der Waals surface area contributed by atoms with Gasteiger partial charge in [-0.3, -0.25) is 43.2 Å². The van der Waals surface area contributed by atoms with Gasteiger partial charge >= 0.3 is 0 Å². The van der Waals surface area contributed by atoms with E-state index in [-0.39, 0.29) is 42.9 Å². The van der Waals surface area contributed by atoms with Crippen molar-refractivity contribution in [3.8, 4) is 5.75 Å². The predicted octanol–water partition coefficient (Wildman–Crippen LogP) is -3.15. The number of carbonyl (C=O) groups excluding carboxylic acids is 10. The third kappa shape index (κ3) is 16.5. The number of nitrogens with two attached hydrogens (primary N) is 3. The number of aromatic hydroxyl groups is 1. The van der Waals surface area contributed by atoms with Crippen molar-refractivity contribution in [2.24, 2.45) is 35.0 Å². The van der Waals surface area contributed by atoms with Gasteiger partial charge in [-0.05, 0) is 54.7 Å². The molecule has 0 radical (unpaired) electrons. The number of carbonyl (C=O) groups is 10. The molecule has 0 unspecified atom stereocenters. The van der Waals surface area contributed by atoms with Crippen LogP contribution in [0.15, 0.2) is 24.3 Å². The van der Waals surface area contributed by atoms with Crippen molar-refractivity contribution >= 4 is 59.5 Å². The molecule has 14 N–H and O–H groups in total. The van der Waals surface area contributed by atoms with Crippen molar-refractivity contribution in [2.45, 2.75) is 135 Å². The number of likely N-dealkylation sites (tertiary alicyclic amines) is 1. The van der Waals surface area contributed by atoms with E-state index in [1.165, 1.54) is 29.2 Å². The number of primary amides is 2. The van der Waals surface area contributed by atoms with Gasteiger partial charge in [0.1, 0.15) is 48.3 Å². The molecule has 1 aliphatic heterocycles. The molecule has 9 amide bonds. The van der Waals surface area contributed by atoms with Crippen LogP contribution in [0.25, 0.3) is 0 Å². The molecule has 2 rings (SSSR count). The molecule has 0 aliphatic carbocycles. The molecular weight excluding hydrogens is 837 g/mol. The maximum Gasteiger partial charge on any atom is 0.246 e. The highest BCUT2D eigenvalue weighted by Gasteiger charge is 2.41. The zero-order valence-corrected chi connectivity index (χ0v) is 37.3. The molecule has 22 heteroatoms. The van der Waals surface area contributed by atoms with Gasteiger partial charge in [0, 0.05) is 19.4 Å². The zero-order chi connectivity index (χ0) is 48.4. The lowest BCUT2D eigenvalue weighted by molar-refractivity contribution is -0.143. The van der Waals surface area contributed by atoms with Gasteiger partial charge in [-0.15, -0.1) is 0 Å². The van der Waals surface area contributed by atoms with Crippen molar-refractivity contribution < 1.29 is 58.2 Å². The minimum absolute atomic E-state index is 0.0705. The van der Waals surface area contributed by atoms with E-state index in [2.05, 4.69) is 31.9 Å². The second kappa shape index (κ2) is 25.8. The van der Waals surface area contributed by atoms with Crippen LogP contribution < -0.4 is 49.1 Å². The van der Waals surface area contributed by atoms with Gasteiger partial charge in [0.25, 0.3) is 0 Å². The number of aldehydes is 1. The summed E-state index contributed by atoms with van der Waals surface area (Å²) in [5.74, 6) is -8.95. The molecule has 0 bridgehead atoms. The van der Waals surface area contributed by atoms with Crippen LogP contribution in [0.5, 0.6) is 5.75 Å². The van der Waals surface area contributed by atoms with Gasteiger partial charge in [-0.25, -0.2) is 0 Å². The number of aliphatic hydroxyl groups excluding tert-OH is 1. The Morgan fingerprint density at radius 2 is 1.31 bits per heavy atom. The summed E-state index contributed by atoms with van der Waals surface area (Å²) >= 11 is 0. The fourth-order valence-corrected chi connectivity index (χ4v) is 6.68. The van der Waals surface area contributed by atoms with Gasteiger partial charge in [-0.2, -0.15) is 0 Å². The third-order valence-electron chi connectivity index (χ3n) is 11.0. The number of phenolic OH excluding ortho intramolecular Hbond substituents is 1. The monoisotopic (exact) mass is 902 g/mol. The average Bonchev–Trinajstić information content (AvgIpc) is 3.74. The Morgan fingerprint density at radius 1 is 0.750 bits per heavy atom. The van der Waals surface area contributed by atoms with E-state index in [0.29, 0.717) is 24.7 Å². The number of nitrogens with zero attached hydrogens (tertiary/aromatic N) is 1. The summed E-state index contributed by atoms with van der Waals surface area (Å²) in [4.78, 5) is 132. The summed E-state index contributed by atoms with van der Waals surface area (Å²) < 4.78 is 0. The SMILES string of the molecule is CC[C@H](C)[C@H](NC(=O)[C@@H]1CCCN1C(=O)[C@H](Cc1ccc(O)cc1)NC(=O)[C@H](CC(N)=O)NC(=O)[C@H](CCC(N)=O)NC(=O)[C@H](CO)NC(=O)[C@@H](N)C(C)C)C(=O)N[C@H](C=O)C(C)C. The van der Waals surface area contributed by atoms with Gasteiger partial charge < -0.3 is 69.0 Å². The topological polar surface area (TPSA) is 365 Å². The molecule has 0 saturated carbocycles. The van der Waals surface area contributed by atoms with E-state index in [1.54, 1.807) is 34.6 Å². The lowest BCUT2D eigenvalue weighted by Gasteiger charge is -2.32. The first kappa shape index (κ1) is 54.0. The molecule has 0 spiro atoms. The molecule has 0 aromatic heterocycles. The number of hydrogen-bond acceptors (Lipinski definition) is 13. The number of phenols is 1. The molecule has 1 aromatic rings. The van der Waals surface area contributed by atoms with Crippen molar-refractivity contribution in [3.63, 3.8) is 0 Å². The van der Waals surface area contributed by atoms with E-state index in [9.17, 15) is 58.2 Å². The Morgan fingerprint density at radius 3 is 1.84 bits per heavy atom. The summed E-state index contributed by atoms with van der Waals surface area (Å²) in [6.45, 7) is 9.55. The van der Waals surface area contributed by atoms with E-state index in [0.717, 1.165) is 0 Å². The van der Waals surface area contributed by atoms with Crippen LogP contribution in [0.2, 0.25) is 0 Å². The van der Waals surface area contributed by atoms with E-state index < -0.39 is 127 Å². The summed E-state index contributed by atoms with van der Waals surface area (Å²) in [7, 11) is 0. The van der Waals surface area contributed by atoms with Gasteiger partial charge in [0.2, 0.25) is 53.2 Å². The largest absolute Gasteiger partial charge is 0.508 e. The maximum atomic E-state index is 14.5. The van der Waals surface area contributed by atoms with Crippen LogP contribution in [-0.2, 0) is 54.4 Å². The molecule has 1 aromatic carbocycles. The van der Waals surface area contributed by atoms with Gasteiger partial charge in [0.05, 0.1) is 25.1 Å². The second-order valence-electron chi connectivity index (χ2n) is 16.7. The molecule has 1 aliphatic rings. The normalized spacial score (nSPS) is 17.3. The van der Waals surface area contributed by atoms with Crippen LogP contribution in [0.3, 0.4) is 0 Å². The van der Waals surface area contributed by atoms with Gasteiger partial charge in [0.15, 0.2) is 0 Å². The number of amides is 9. The number of rotatable bonds is 26. The van der Waals surface area contributed by atoms with E-state index in [4.69, 9.17) is 17.2 Å². The highest BCUT2D eigenvalue weighted by molar-refractivity contribution is 5.99. The smallest absolute Gasteiger partial charge is 0.246 e. The Hall–Kier alpha value is -6.16. The minimum Gasteiger partial charge on any atom is -0.508 e. The van der Waals surface area contributed by atoms with Crippen molar-refractivity contribution in [1.29, 1.82) is 0 Å². The number of benzene rings is 1. The molecular formula is C42H66N10O12. The Kier molecular flexibility index (Phi) is 21.8. The first-order valence-electron chi connectivity index (χ1n) is 21.3. The first-order valence-corrected chi connectivity index (χ1v) is 21.3. The number of nitrogens with one attached hydrogen (secondary N) is 6. The Bertz CT molecular complexity index is 1830. The lowest BCUT2D eigenvalue weighted by atomic mass is 9.96. The second-order valence-corrected chi connectivity index (χ2v) is 16.7. The van der Waals surface area contributed by atoms with Crippen molar-refractivity contribution in [2.75, 3.05) is 13.2 Å². The van der Waals surface area contributed by atoms with Crippen LogP contribution >= 0.6 is 0 Å². The molecule has 64 heavy (non-hydrogen) atoms. The highest BCUT2D eigenvalue weighted by Crippen LogP contribution is 2.22. The molecule has 9 atom stereocenters. The van der Waals surface area contributed by atoms with Crippen LogP contribution in [-0.4, -0.2) is 136 Å². The average molecular weight is 903 g/mol.